The van der Waals surface area contributed by atoms with Gasteiger partial charge in [0.15, 0.2) is 17.5 Å². The van der Waals surface area contributed by atoms with Crippen molar-refractivity contribution in [1.29, 1.82) is 0 Å². The van der Waals surface area contributed by atoms with Crippen molar-refractivity contribution in [1.82, 2.24) is 15.5 Å². The second kappa shape index (κ2) is 14.9. The number of methoxy groups -OCH3 is 2. The first kappa shape index (κ1) is 27.0. The summed E-state index contributed by atoms with van der Waals surface area (Å²) in [7, 11) is 5.09. The fourth-order valence-electron chi connectivity index (χ4n) is 3.24. The molecule has 6 nitrogen and oxygen atoms in total. The molecule has 0 saturated heterocycles. The van der Waals surface area contributed by atoms with Gasteiger partial charge in [-0.25, -0.2) is 0 Å². The van der Waals surface area contributed by atoms with Gasteiger partial charge < -0.3 is 20.1 Å². The van der Waals surface area contributed by atoms with Crippen LogP contribution in [0.2, 0.25) is 0 Å². The molecule has 0 aliphatic rings. The van der Waals surface area contributed by atoms with Crippen molar-refractivity contribution in [2.24, 2.45) is 4.99 Å². The minimum absolute atomic E-state index is 0. The molecule has 0 amide bonds. The third-order valence-corrected chi connectivity index (χ3v) is 5.16. The Kier molecular flexibility index (Phi) is 13.0. The molecule has 0 fully saturated rings. The fraction of sp³-hybridized carbons (Fsp3) is 0.458. The molecule has 31 heavy (non-hydrogen) atoms. The Morgan fingerprint density at radius 1 is 0.871 bits per heavy atom. The molecule has 2 aromatic rings. The van der Waals surface area contributed by atoms with Crippen molar-refractivity contribution >= 4 is 29.9 Å². The number of benzene rings is 2. The van der Waals surface area contributed by atoms with Gasteiger partial charge in [-0.3, -0.25) is 9.89 Å². The number of rotatable bonds is 11. The monoisotopic (exact) mass is 540 g/mol. The summed E-state index contributed by atoms with van der Waals surface area (Å²) in [6, 6.07) is 14.8. The summed E-state index contributed by atoms with van der Waals surface area (Å²) in [5.41, 5.74) is 3.76. The van der Waals surface area contributed by atoms with Gasteiger partial charge in [0.1, 0.15) is 0 Å². The van der Waals surface area contributed by atoms with Crippen LogP contribution in [0.25, 0.3) is 0 Å². The summed E-state index contributed by atoms with van der Waals surface area (Å²) < 4.78 is 10.7. The van der Waals surface area contributed by atoms with Crippen LogP contribution in [0, 0.1) is 0 Å². The van der Waals surface area contributed by atoms with Crippen LogP contribution in [-0.4, -0.2) is 51.8 Å². The SMILES string of the molecule is CCN(CC)Cc1ccc(CNC(=NC)NCCc2ccc(OC)c(OC)c2)cc1.I. The van der Waals surface area contributed by atoms with Crippen LogP contribution < -0.4 is 20.1 Å². The maximum Gasteiger partial charge on any atom is 0.191 e. The minimum Gasteiger partial charge on any atom is -0.493 e. The van der Waals surface area contributed by atoms with E-state index in [9.17, 15) is 0 Å². The normalized spacial score (nSPS) is 11.1. The van der Waals surface area contributed by atoms with Gasteiger partial charge in [-0.1, -0.05) is 44.2 Å². The number of halogens is 1. The van der Waals surface area contributed by atoms with Crippen molar-refractivity contribution in [3.05, 3.63) is 59.2 Å². The molecular weight excluding hydrogens is 503 g/mol. The van der Waals surface area contributed by atoms with Gasteiger partial charge >= 0.3 is 0 Å². The van der Waals surface area contributed by atoms with Crippen LogP contribution >= 0.6 is 24.0 Å². The average molecular weight is 540 g/mol. The smallest absolute Gasteiger partial charge is 0.191 e. The molecule has 2 aromatic carbocycles. The molecule has 0 aliphatic carbocycles. The van der Waals surface area contributed by atoms with E-state index in [-0.39, 0.29) is 24.0 Å². The highest BCUT2D eigenvalue weighted by atomic mass is 127. The standard InChI is InChI=1S/C24H36N4O2.HI/c1-6-28(7-2)18-21-10-8-20(9-11-21)17-27-24(25-3)26-15-14-19-12-13-22(29-4)23(16-19)30-5;/h8-13,16H,6-7,14-15,17-18H2,1-5H3,(H2,25,26,27);1H. The Balaban J connectivity index is 0.00000480. The summed E-state index contributed by atoms with van der Waals surface area (Å²) >= 11 is 0. The molecule has 0 bridgehead atoms. The summed E-state index contributed by atoms with van der Waals surface area (Å²) in [5, 5.41) is 6.75. The lowest BCUT2D eigenvalue weighted by Gasteiger charge is -2.18. The van der Waals surface area contributed by atoms with Gasteiger partial charge in [-0.15, -0.1) is 24.0 Å². The van der Waals surface area contributed by atoms with Crippen LogP contribution in [0.3, 0.4) is 0 Å². The number of nitrogens with one attached hydrogen (secondary N) is 2. The second-order valence-electron chi connectivity index (χ2n) is 7.07. The lowest BCUT2D eigenvalue weighted by molar-refractivity contribution is 0.296. The third kappa shape index (κ3) is 8.95. The molecule has 0 unspecified atom stereocenters. The molecule has 0 atom stereocenters. The van der Waals surface area contributed by atoms with Crippen LogP contribution in [0.4, 0.5) is 0 Å². The van der Waals surface area contributed by atoms with E-state index in [1.165, 1.54) is 16.7 Å². The Bertz CT molecular complexity index is 793. The average Bonchev–Trinajstić information content (AvgIpc) is 2.80. The van der Waals surface area contributed by atoms with Crippen molar-refractivity contribution < 1.29 is 9.47 Å². The lowest BCUT2D eigenvalue weighted by atomic mass is 10.1. The number of nitrogens with zero attached hydrogens (tertiary/aromatic N) is 2. The number of hydrogen-bond acceptors (Lipinski definition) is 4. The first-order valence-electron chi connectivity index (χ1n) is 10.6. The lowest BCUT2D eigenvalue weighted by Crippen LogP contribution is -2.37. The molecule has 0 radical (unpaired) electrons. The minimum atomic E-state index is 0. The van der Waals surface area contributed by atoms with E-state index >= 15 is 0 Å². The predicted molar refractivity (Wildman–Crippen MR) is 140 cm³/mol. The summed E-state index contributed by atoms with van der Waals surface area (Å²) in [5.74, 6) is 2.29. The summed E-state index contributed by atoms with van der Waals surface area (Å²) in [6.45, 7) is 9.06. The van der Waals surface area contributed by atoms with Crippen LogP contribution in [0.5, 0.6) is 11.5 Å². The first-order valence-corrected chi connectivity index (χ1v) is 10.6. The van der Waals surface area contributed by atoms with E-state index in [4.69, 9.17) is 9.47 Å². The molecule has 0 aliphatic heterocycles. The van der Waals surface area contributed by atoms with Gasteiger partial charge in [0.05, 0.1) is 14.2 Å². The highest BCUT2D eigenvalue weighted by molar-refractivity contribution is 14.0. The molecule has 0 spiro atoms. The third-order valence-electron chi connectivity index (χ3n) is 5.16. The maximum atomic E-state index is 5.37. The highest BCUT2D eigenvalue weighted by Crippen LogP contribution is 2.27. The number of guanidine groups is 1. The number of ether oxygens (including phenoxy) is 2. The van der Waals surface area contributed by atoms with Crippen LogP contribution in [0.1, 0.15) is 30.5 Å². The number of aliphatic imine (C=N–C) groups is 1. The molecule has 0 saturated carbocycles. The highest BCUT2D eigenvalue weighted by Gasteiger charge is 2.05. The quantitative estimate of drug-likeness (QED) is 0.256. The van der Waals surface area contributed by atoms with E-state index in [2.05, 4.69) is 64.7 Å². The van der Waals surface area contributed by atoms with Gasteiger partial charge in [0.25, 0.3) is 0 Å². The largest absolute Gasteiger partial charge is 0.493 e. The fourth-order valence-corrected chi connectivity index (χ4v) is 3.24. The summed E-state index contributed by atoms with van der Waals surface area (Å²) in [6.07, 6.45) is 0.862. The summed E-state index contributed by atoms with van der Waals surface area (Å²) in [4.78, 5) is 6.73. The van der Waals surface area contributed by atoms with E-state index in [0.717, 1.165) is 56.6 Å². The molecule has 2 rings (SSSR count). The van der Waals surface area contributed by atoms with E-state index in [1.807, 2.05) is 12.1 Å². The predicted octanol–water partition coefficient (Wildman–Crippen LogP) is 4.07. The van der Waals surface area contributed by atoms with Crippen LogP contribution in [0.15, 0.2) is 47.5 Å². The van der Waals surface area contributed by atoms with E-state index in [1.54, 1.807) is 21.3 Å². The zero-order valence-electron chi connectivity index (χ0n) is 19.4. The Hall–Kier alpha value is -2.00. The van der Waals surface area contributed by atoms with Crippen molar-refractivity contribution in [2.45, 2.75) is 33.4 Å². The zero-order valence-corrected chi connectivity index (χ0v) is 21.7. The topological polar surface area (TPSA) is 58.1 Å². The zero-order chi connectivity index (χ0) is 21.8. The maximum absolute atomic E-state index is 5.37. The molecule has 172 valence electrons. The van der Waals surface area contributed by atoms with Crippen molar-refractivity contribution in [2.75, 3.05) is 40.9 Å². The van der Waals surface area contributed by atoms with E-state index in [0.29, 0.717) is 0 Å². The molecule has 2 N–H and O–H groups in total. The van der Waals surface area contributed by atoms with E-state index < -0.39 is 0 Å². The van der Waals surface area contributed by atoms with Gasteiger partial charge in [0, 0.05) is 26.7 Å². The Morgan fingerprint density at radius 3 is 2.06 bits per heavy atom. The van der Waals surface area contributed by atoms with Crippen molar-refractivity contribution in [3.8, 4) is 11.5 Å². The Morgan fingerprint density at radius 2 is 1.48 bits per heavy atom. The molecule has 7 heteroatoms. The van der Waals surface area contributed by atoms with Crippen LogP contribution in [-0.2, 0) is 19.5 Å². The van der Waals surface area contributed by atoms with Crippen molar-refractivity contribution in [3.63, 3.8) is 0 Å². The van der Waals surface area contributed by atoms with Gasteiger partial charge in [-0.05, 0) is 48.3 Å². The molecule has 0 heterocycles. The Labute approximate surface area is 204 Å². The second-order valence-corrected chi connectivity index (χ2v) is 7.07. The molecule has 0 aromatic heterocycles. The molecular formula is C24H37IN4O2. The van der Waals surface area contributed by atoms with Gasteiger partial charge in [-0.2, -0.15) is 0 Å². The first-order chi connectivity index (χ1) is 14.6. The van der Waals surface area contributed by atoms with Gasteiger partial charge in [0.2, 0.25) is 0 Å². The number of hydrogen-bond donors (Lipinski definition) is 2.